The second-order valence-electron chi connectivity index (χ2n) is 6.14. The molecule has 0 aromatic carbocycles. The standard InChI is InChI=1S/C16H25N5O2.2ClH/c1-3-13-10-14(23-19-13)11-21-16(22)20(4-2)15(18-21)9-12-5-7-17-8-6-12;;/h10,12,17H,3-9,11H2,1-2H3;2*1H. The summed E-state index contributed by atoms with van der Waals surface area (Å²) in [6.07, 6.45) is 3.98. The molecule has 1 N–H and O–H groups in total. The summed E-state index contributed by atoms with van der Waals surface area (Å²) < 4.78 is 8.56. The molecule has 7 nitrogen and oxygen atoms in total. The van der Waals surface area contributed by atoms with E-state index in [4.69, 9.17) is 4.52 Å². The normalized spacial score (nSPS) is 14.8. The van der Waals surface area contributed by atoms with Crippen LogP contribution in [-0.2, 0) is 25.9 Å². The van der Waals surface area contributed by atoms with Crippen LogP contribution in [0.1, 0.15) is 44.0 Å². The van der Waals surface area contributed by atoms with Crippen LogP contribution in [0.25, 0.3) is 0 Å². The highest BCUT2D eigenvalue weighted by molar-refractivity contribution is 5.85. The van der Waals surface area contributed by atoms with Crippen LogP contribution in [0.15, 0.2) is 15.4 Å². The highest BCUT2D eigenvalue weighted by Gasteiger charge is 2.20. The van der Waals surface area contributed by atoms with E-state index in [-0.39, 0.29) is 30.5 Å². The molecule has 1 aliphatic heterocycles. The number of aryl methyl sites for hydroxylation is 1. The van der Waals surface area contributed by atoms with Crippen molar-refractivity contribution in [3.8, 4) is 0 Å². The first kappa shape index (κ1) is 21.7. The van der Waals surface area contributed by atoms with E-state index in [9.17, 15) is 4.79 Å². The number of hydrogen-bond acceptors (Lipinski definition) is 5. The van der Waals surface area contributed by atoms with Gasteiger partial charge in [-0.05, 0) is 45.2 Å². The van der Waals surface area contributed by atoms with Gasteiger partial charge in [-0.1, -0.05) is 12.1 Å². The van der Waals surface area contributed by atoms with Crippen LogP contribution in [-0.4, -0.2) is 32.6 Å². The van der Waals surface area contributed by atoms with Crippen molar-refractivity contribution >= 4 is 24.8 Å². The number of nitrogens with zero attached hydrogens (tertiary/aromatic N) is 4. The summed E-state index contributed by atoms with van der Waals surface area (Å²) in [4.78, 5) is 12.5. The summed E-state index contributed by atoms with van der Waals surface area (Å²) in [6, 6.07) is 1.89. The van der Waals surface area contributed by atoms with Crippen LogP contribution in [0.2, 0.25) is 0 Å². The SMILES string of the molecule is CCc1cc(Cn2nc(CC3CCNCC3)n(CC)c2=O)on1.Cl.Cl. The van der Waals surface area contributed by atoms with Gasteiger partial charge in [-0.15, -0.1) is 24.8 Å². The number of rotatable bonds is 6. The van der Waals surface area contributed by atoms with Gasteiger partial charge in [-0.3, -0.25) is 4.57 Å². The summed E-state index contributed by atoms with van der Waals surface area (Å²) >= 11 is 0. The van der Waals surface area contributed by atoms with Gasteiger partial charge in [0.1, 0.15) is 12.4 Å². The zero-order valence-corrected chi connectivity index (χ0v) is 16.4. The second kappa shape index (κ2) is 9.99. The molecule has 0 unspecified atom stereocenters. The maximum atomic E-state index is 12.5. The van der Waals surface area contributed by atoms with Crippen molar-refractivity contribution < 1.29 is 4.52 Å². The van der Waals surface area contributed by atoms with E-state index in [0.29, 0.717) is 24.8 Å². The van der Waals surface area contributed by atoms with Crippen molar-refractivity contribution in [1.29, 1.82) is 0 Å². The molecule has 9 heteroatoms. The summed E-state index contributed by atoms with van der Waals surface area (Å²) in [5.74, 6) is 2.17. The van der Waals surface area contributed by atoms with Crippen molar-refractivity contribution in [2.75, 3.05) is 13.1 Å². The predicted molar refractivity (Wildman–Crippen MR) is 101 cm³/mol. The van der Waals surface area contributed by atoms with Gasteiger partial charge in [0.15, 0.2) is 5.76 Å². The summed E-state index contributed by atoms with van der Waals surface area (Å²) in [5, 5.41) is 11.9. The molecular weight excluding hydrogens is 365 g/mol. The van der Waals surface area contributed by atoms with Crippen molar-refractivity contribution in [2.24, 2.45) is 5.92 Å². The Morgan fingerprint density at radius 1 is 1.28 bits per heavy atom. The van der Waals surface area contributed by atoms with Crippen LogP contribution in [0, 0.1) is 5.92 Å². The summed E-state index contributed by atoms with van der Waals surface area (Å²) in [7, 11) is 0. The van der Waals surface area contributed by atoms with E-state index in [1.165, 1.54) is 4.68 Å². The van der Waals surface area contributed by atoms with Gasteiger partial charge < -0.3 is 9.84 Å². The molecule has 0 bridgehead atoms. The van der Waals surface area contributed by atoms with E-state index >= 15 is 0 Å². The van der Waals surface area contributed by atoms with Crippen molar-refractivity contribution in [3.05, 3.63) is 33.8 Å². The molecule has 1 aliphatic rings. The zero-order valence-electron chi connectivity index (χ0n) is 14.7. The Morgan fingerprint density at radius 2 is 2.00 bits per heavy atom. The van der Waals surface area contributed by atoms with E-state index < -0.39 is 0 Å². The average molecular weight is 392 g/mol. The minimum absolute atomic E-state index is 0. The van der Waals surface area contributed by atoms with Gasteiger partial charge in [-0.2, -0.15) is 5.10 Å². The minimum atomic E-state index is -0.0640. The predicted octanol–water partition coefficient (Wildman–Crippen LogP) is 2.05. The quantitative estimate of drug-likeness (QED) is 0.814. The molecule has 0 spiro atoms. The molecule has 25 heavy (non-hydrogen) atoms. The molecule has 0 aliphatic carbocycles. The third-order valence-electron chi connectivity index (χ3n) is 4.52. The lowest BCUT2D eigenvalue weighted by Crippen LogP contribution is -2.30. The zero-order chi connectivity index (χ0) is 16.2. The Hall–Kier alpha value is -1.31. The van der Waals surface area contributed by atoms with Gasteiger partial charge >= 0.3 is 5.69 Å². The van der Waals surface area contributed by atoms with E-state index in [2.05, 4.69) is 15.6 Å². The number of piperidine rings is 1. The smallest absolute Gasteiger partial charge is 0.346 e. The lowest BCUT2D eigenvalue weighted by Gasteiger charge is -2.21. The lowest BCUT2D eigenvalue weighted by molar-refractivity contribution is 0.359. The van der Waals surface area contributed by atoms with E-state index in [1.54, 1.807) is 4.57 Å². The topological polar surface area (TPSA) is 77.9 Å². The molecule has 3 heterocycles. The maximum absolute atomic E-state index is 12.5. The van der Waals surface area contributed by atoms with Crippen molar-refractivity contribution in [2.45, 2.75) is 52.6 Å². The highest BCUT2D eigenvalue weighted by atomic mass is 35.5. The van der Waals surface area contributed by atoms with Crippen LogP contribution in [0.4, 0.5) is 0 Å². The lowest BCUT2D eigenvalue weighted by atomic mass is 9.94. The Morgan fingerprint density at radius 3 is 2.60 bits per heavy atom. The van der Waals surface area contributed by atoms with Crippen molar-refractivity contribution in [3.63, 3.8) is 0 Å². The molecule has 2 aromatic heterocycles. The molecule has 0 atom stereocenters. The monoisotopic (exact) mass is 391 g/mol. The van der Waals surface area contributed by atoms with E-state index in [0.717, 1.165) is 50.3 Å². The van der Waals surface area contributed by atoms with Gasteiger partial charge in [0.2, 0.25) is 0 Å². The summed E-state index contributed by atoms with van der Waals surface area (Å²) in [6.45, 7) is 7.12. The Balaban J connectivity index is 0.00000156. The molecule has 0 radical (unpaired) electrons. The fraction of sp³-hybridized carbons (Fsp3) is 0.688. The number of hydrogen-bond donors (Lipinski definition) is 1. The first-order valence-corrected chi connectivity index (χ1v) is 8.53. The summed E-state index contributed by atoms with van der Waals surface area (Å²) in [5.41, 5.74) is 0.837. The number of halogens is 2. The third-order valence-corrected chi connectivity index (χ3v) is 4.52. The Labute approximate surface area is 160 Å². The third kappa shape index (κ3) is 5.09. The number of aromatic nitrogens is 4. The van der Waals surface area contributed by atoms with Gasteiger partial charge in [0, 0.05) is 19.0 Å². The van der Waals surface area contributed by atoms with Gasteiger partial charge in [0.25, 0.3) is 0 Å². The fourth-order valence-corrected chi connectivity index (χ4v) is 3.15. The van der Waals surface area contributed by atoms with Crippen LogP contribution in [0.3, 0.4) is 0 Å². The Kier molecular flexibility index (Phi) is 8.68. The van der Waals surface area contributed by atoms with Gasteiger partial charge in [0.05, 0.1) is 5.69 Å². The van der Waals surface area contributed by atoms with E-state index in [1.807, 2.05) is 19.9 Å². The van der Waals surface area contributed by atoms with Crippen LogP contribution in [0.5, 0.6) is 0 Å². The van der Waals surface area contributed by atoms with Gasteiger partial charge in [-0.25, -0.2) is 9.48 Å². The molecule has 1 saturated heterocycles. The molecule has 142 valence electrons. The molecule has 3 rings (SSSR count). The highest BCUT2D eigenvalue weighted by Crippen LogP contribution is 2.16. The van der Waals surface area contributed by atoms with Crippen molar-refractivity contribution in [1.82, 2.24) is 24.8 Å². The number of nitrogens with one attached hydrogen (secondary N) is 1. The van der Waals surface area contributed by atoms with Crippen LogP contribution < -0.4 is 11.0 Å². The Bertz CT molecular complexity index is 704. The molecular formula is C16H27Cl2N5O2. The fourth-order valence-electron chi connectivity index (χ4n) is 3.15. The molecule has 2 aromatic rings. The van der Waals surface area contributed by atoms with Crippen LogP contribution >= 0.6 is 24.8 Å². The first-order chi connectivity index (χ1) is 11.2. The molecule has 1 fully saturated rings. The average Bonchev–Trinajstić information content (AvgIpc) is 3.14. The minimum Gasteiger partial charge on any atom is -0.359 e. The largest absolute Gasteiger partial charge is 0.359 e. The second-order valence-corrected chi connectivity index (χ2v) is 6.14. The molecule has 0 amide bonds. The first-order valence-electron chi connectivity index (χ1n) is 8.53. The molecule has 0 saturated carbocycles. The maximum Gasteiger partial charge on any atom is 0.346 e.